The van der Waals surface area contributed by atoms with Gasteiger partial charge in [0.1, 0.15) is 0 Å². The van der Waals surface area contributed by atoms with Crippen LogP contribution in [-0.2, 0) is 0 Å². The molecule has 1 rings (SSSR count). The van der Waals surface area contributed by atoms with Gasteiger partial charge in [-0.2, -0.15) is 0 Å². The first-order chi connectivity index (χ1) is 4.50. The van der Waals surface area contributed by atoms with Gasteiger partial charge in [-0.05, 0) is 20.6 Å². The second-order valence-corrected chi connectivity index (χ2v) is 5.16. The average molecular weight is 174 g/mol. The molecule has 0 amide bonds. The first-order valence-electron chi connectivity index (χ1n) is 2.47. The van der Waals surface area contributed by atoms with Gasteiger partial charge >= 0.3 is 0 Å². The lowest BCUT2D eigenvalue weighted by molar-refractivity contribution is 1.96. The molecule has 1 heterocycles. The molecule has 1 aliphatic rings. The zero-order chi connectivity index (χ0) is 6.36. The van der Waals surface area contributed by atoms with E-state index in [1.807, 2.05) is 24.3 Å². The second kappa shape index (κ2) is 5.09. The minimum absolute atomic E-state index is 1.74. The van der Waals surface area contributed by atoms with E-state index in [1.54, 1.807) is 31.4 Å². The molecule has 0 nitrogen and oxygen atoms in total. The molecule has 48 valence electrons. The first-order valence-corrected chi connectivity index (χ1v) is 6.08. The van der Waals surface area contributed by atoms with Crippen LogP contribution in [0.3, 0.4) is 0 Å². The summed E-state index contributed by atoms with van der Waals surface area (Å²) in [4.78, 5) is 0. The van der Waals surface area contributed by atoms with Crippen LogP contribution in [0.4, 0.5) is 0 Å². The molecular formula is C6H6S3. The lowest BCUT2D eigenvalue weighted by Crippen LogP contribution is -1.43. The molecule has 0 saturated heterocycles. The van der Waals surface area contributed by atoms with Crippen LogP contribution in [0.5, 0.6) is 0 Å². The quantitative estimate of drug-likeness (QED) is 0.515. The van der Waals surface area contributed by atoms with Crippen molar-refractivity contribution in [2.24, 2.45) is 0 Å². The summed E-state index contributed by atoms with van der Waals surface area (Å²) >= 11 is 0. The van der Waals surface area contributed by atoms with Gasteiger partial charge < -0.3 is 0 Å². The maximum atomic E-state index is 2.07. The van der Waals surface area contributed by atoms with Crippen LogP contribution in [0.1, 0.15) is 0 Å². The second-order valence-electron chi connectivity index (χ2n) is 1.30. The van der Waals surface area contributed by atoms with Crippen molar-refractivity contribution in [1.29, 1.82) is 0 Å². The molecule has 0 spiro atoms. The summed E-state index contributed by atoms with van der Waals surface area (Å²) in [6.45, 7) is 0. The molecule has 0 saturated carbocycles. The van der Waals surface area contributed by atoms with Crippen LogP contribution in [0.25, 0.3) is 0 Å². The van der Waals surface area contributed by atoms with Crippen molar-refractivity contribution in [1.82, 2.24) is 0 Å². The van der Waals surface area contributed by atoms with Crippen molar-refractivity contribution in [3.05, 3.63) is 35.1 Å². The largest absolute Gasteiger partial charge is 0.0617 e. The van der Waals surface area contributed by atoms with Crippen molar-refractivity contribution in [3.63, 3.8) is 0 Å². The summed E-state index contributed by atoms with van der Waals surface area (Å²) in [5.41, 5.74) is 0. The first kappa shape index (κ1) is 7.38. The summed E-state index contributed by atoms with van der Waals surface area (Å²) in [7, 11) is 5.24. The van der Waals surface area contributed by atoms with Crippen LogP contribution >= 0.6 is 31.4 Å². The van der Waals surface area contributed by atoms with Crippen LogP contribution in [0, 0.1) is 0 Å². The van der Waals surface area contributed by atoms with Gasteiger partial charge in [-0.15, -0.1) is 0 Å². The van der Waals surface area contributed by atoms with E-state index in [4.69, 9.17) is 0 Å². The minimum atomic E-state index is 1.74. The topological polar surface area (TPSA) is 0 Å². The highest BCUT2D eigenvalue weighted by atomic mass is 33.5. The monoisotopic (exact) mass is 174 g/mol. The molecule has 0 aromatic heterocycles. The minimum Gasteiger partial charge on any atom is -0.0617 e. The van der Waals surface area contributed by atoms with Crippen molar-refractivity contribution in [2.75, 3.05) is 0 Å². The Balaban J connectivity index is 2.45. The van der Waals surface area contributed by atoms with E-state index in [-0.39, 0.29) is 0 Å². The molecule has 0 unspecified atom stereocenters. The summed E-state index contributed by atoms with van der Waals surface area (Å²) in [6, 6.07) is 0. The van der Waals surface area contributed by atoms with Gasteiger partial charge in [0, 0.05) is 0 Å². The summed E-state index contributed by atoms with van der Waals surface area (Å²) in [6.07, 6.45) is 8.12. The molecule has 0 aliphatic carbocycles. The van der Waals surface area contributed by atoms with E-state index in [0.717, 1.165) is 0 Å². The van der Waals surface area contributed by atoms with E-state index in [9.17, 15) is 0 Å². The van der Waals surface area contributed by atoms with Gasteiger partial charge in [-0.3, -0.25) is 0 Å². The number of hydrogen-bond acceptors (Lipinski definition) is 3. The smallest absolute Gasteiger partial charge is 0.0158 e. The van der Waals surface area contributed by atoms with Gasteiger partial charge in [0.05, 0.1) is 0 Å². The van der Waals surface area contributed by atoms with Gasteiger partial charge in [0.15, 0.2) is 0 Å². The molecule has 0 aromatic rings. The fourth-order valence-corrected chi connectivity index (χ4v) is 2.81. The van der Waals surface area contributed by atoms with E-state index in [2.05, 4.69) is 10.8 Å². The van der Waals surface area contributed by atoms with Gasteiger partial charge in [-0.1, -0.05) is 45.9 Å². The maximum absolute atomic E-state index is 2.07. The highest BCUT2D eigenvalue weighted by Crippen LogP contribution is 2.36. The van der Waals surface area contributed by atoms with Crippen LogP contribution in [0.2, 0.25) is 0 Å². The highest BCUT2D eigenvalue weighted by molar-refractivity contribution is 9.10. The number of hydrogen-bond donors (Lipinski definition) is 0. The Labute approximate surface area is 66.7 Å². The Morgan fingerprint density at radius 3 is 1.78 bits per heavy atom. The van der Waals surface area contributed by atoms with Crippen molar-refractivity contribution < 1.29 is 0 Å². The summed E-state index contributed by atoms with van der Waals surface area (Å²) in [5.74, 6) is 0. The molecule has 9 heavy (non-hydrogen) atoms. The molecule has 0 atom stereocenters. The third kappa shape index (κ3) is 3.78. The Morgan fingerprint density at radius 2 is 1.22 bits per heavy atom. The Hall–Kier alpha value is 0.270. The predicted molar refractivity (Wildman–Crippen MR) is 50.2 cm³/mol. The number of rotatable bonds is 0. The summed E-state index contributed by atoms with van der Waals surface area (Å²) < 4.78 is 0. The molecule has 0 N–H and O–H groups in total. The Kier molecular flexibility index (Phi) is 4.17. The summed E-state index contributed by atoms with van der Waals surface area (Å²) in [5, 5.41) is 4.14. The van der Waals surface area contributed by atoms with Crippen molar-refractivity contribution in [3.8, 4) is 0 Å². The average Bonchev–Trinajstić information content (AvgIpc) is 2.00. The normalized spacial score (nSPS) is 29.3. The third-order valence-corrected chi connectivity index (χ3v) is 3.93. The zero-order valence-electron chi connectivity index (χ0n) is 4.69. The maximum Gasteiger partial charge on any atom is -0.0158 e. The van der Waals surface area contributed by atoms with E-state index in [0.29, 0.717) is 0 Å². The van der Waals surface area contributed by atoms with Crippen molar-refractivity contribution in [2.45, 2.75) is 0 Å². The lowest BCUT2D eigenvalue weighted by Gasteiger charge is -1.84. The zero-order valence-corrected chi connectivity index (χ0v) is 7.14. The standard InChI is InChI=1S/C6H6S3/c1-2-4-6-8-9-7-5-3-1/h1-6H/b2-1+,5-3-,6-4+. The predicted octanol–water partition coefficient (Wildman–Crippen LogP) is 3.61. The van der Waals surface area contributed by atoms with Crippen molar-refractivity contribution >= 4 is 31.4 Å². The van der Waals surface area contributed by atoms with Gasteiger partial charge in [-0.25, -0.2) is 0 Å². The van der Waals surface area contributed by atoms with E-state index in [1.165, 1.54) is 0 Å². The fourth-order valence-electron chi connectivity index (χ4n) is 0.351. The molecular weight excluding hydrogens is 168 g/mol. The molecule has 0 radical (unpaired) electrons. The van der Waals surface area contributed by atoms with Gasteiger partial charge in [0.2, 0.25) is 0 Å². The van der Waals surface area contributed by atoms with E-state index >= 15 is 0 Å². The third-order valence-electron chi connectivity index (χ3n) is 0.680. The number of allylic oxidation sites excluding steroid dienone is 4. The van der Waals surface area contributed by atoms with E-state index < -0.39 is 0 Å². The molecule has 0 fully saturated rings. The SMILES string of the molecule is C1=C\SSS/C=C/C=C/1. The Bertz CT molecular complexity index is 130. The highest BCUT2D eigenvalue weighted by Gasteiger charge is 1.81. The van der Waals surface area contributed by atoms with Crippen LogP contribution < -0.4 is 0 Å². The lowest BCUT2D eigenvalue weighted by atomic mass is 10.5. The molecule has 3 heteroatoms. The van der Waals surface area contributed by atoms with Crippen LogP contribution in [0.15, 0.2) is 35.1 Å². The fraction of sp³-hybridized carbons (Fsp3) is 0. The molecule has 1 aliphatic heterocycles. The van der Waals surface area contributed by atoms with Gasteiger partial charge in [0.25, 0.3) is 0 Å². The van der Waals surface area contributed by atoms with Crippen LogP contribution in [-0.4, -0.2) is 0 Å². The molecule has 0 bridgehead atoms. The molecule has 0 aromatic carbocycles. The Morgan fingerprint density at radius 1 is 0.667 bits per heavy atom.